The van der Waals surface area contributed by atoms with Crippen molar-refractivity contribution in [3.63, 3.8) is 0 Å². The molecule has 1 atom stereocenters. The van der Waals surface area contributed by atoms with Crippen molar-refractivity contribution in [3.05, 3.63) is 0 Å². The molecule has 0 saturated heterocycles. The van der Waals surface area contributed by atoms with Crippen LogP contribution in [0.25, 0.3) is 0 Å². The maximum Gasteiger partial charge on any atom is 0.329 e. The minimum absolute atomic E-state index is 0.0726. The number of carbonyl (C=O) groups excluding carboxylic acids is 1. The smallest absolute Gasteiger partial charge is 0.329 e. The van der Waals surface area contributed by atoms with Crippen molar-refractivity contribution in [1.29, 1.82) is 0 Å². The van der Waals surface area contributed by atoms with Crippen molar-refractivity contribution < 1.29 is 14.7 Å². The first-order valence-electron chi connectivity index (χ1n) is 7.62. The normalized spacial score (nSPS) is 27.9. The molecule has 0 bridgehead atoms. The summed E-state index contributed by atoms with van der Waals surface area (Å²) in [6.45, 7) is 8.23. The van der Waals surface area contributed by atoms with E-state index in [0.717, 1.165) is 19.3 Å². The van der Waals surface area contributed by atoms with Crippen LogP contribution in [0.3, 0.4) is 0 Å². The third kappa shape index (κ3) is 4.12. The van der Waals surface area contributed by atoms with Gasteiger partial charge in [0.1, 0.15) is 5.54 Å². The van der Waals surface area contributed by atoms with Gasteiger partial charge < -0.3 is 15.7 Å². The van der Waals surface area contributed by atoms with Crippen molar-refractivity contribution in [2.24, 2.45) is 11.8 Å². The molecule has 5 nitrogen and oxygen atoms in total. The van der Waals surface area contributed by atoms with Crippen LogP contribution in [0.4, 0.5) is 4.79 Å². The SMILES string of the molecule is CCC(NC(=O)NC1(C(=O)O)CCC(C)CC1)C(C)C. The van der Waals surface area contributed by atoms with Crippen molar-refractivity contribution in [2.45, 2.75) is 71.4 Å². The van der Waals surface area contributed by atoms with E-state index in [9.17, 15) is 14.7 Å². The van der Waals surface area contributed by atoms with E-state index >= 15 is 0 Å². The van der Waals surface area contributed by atoms with Gasteiger partial charge in [0.2, 0.25) is 0 Å². The first-order valence-corrected chi connectivity index (χ1v) is 7.62. The molecule has 1 aliphatic rings. The summed E-state index contributed by atoms with van der Waals surface area (Å²) >= 11 is 0. The average Bonchev–Trinajstić information content (AvgIpc) is 2.38. The van der Waals surface area contributed by atoms with E-state index in [1.165, 1.54) is 0 Å². The quantitative estimate of drug-likeness (QED) is 0.726. The highest BCUT2D eigenvalue weighted by Crippen LogP contribution is 2.32. The van der Waals surface area contributed by atoms with E-state index in [2.05, 4.69) is 17.6 Å². The molecule has 1 rings (SSSR count). The largest absolute Gasteiger partial charge is 0.480 e. The number of hydrogen-bond acceptors (Lipinski definition) is 2. The van der Waals surface area contributed by atoms with Crippen LogP contribution >= 0.6 is 0 Å². The molecule has 0 aliphatic heterocycles. The molecule has 0 spiro atoms. The summed E-state index contributed by atoms with van der Waals surface area (Å²) < 4.78 is 0. The van der Waals surface area contributed by atoms with Gasteiger partial charge in [-0.15, -0.1) is 0 Å². The van der Waals surface area contributed by atoms with Gasteiger partial charge in [-0.3, -0.25) is 0 Å². The predicted molar refractivity (Wildman–Crippen MR) is 78.6 cm³/mol. The fourth-order valence-electron chi connectivity index (χ4n) is 2.81. The van der Waals surface area contributed by atoms with Gasteiger partial charge in [-0.25, -0.2) is 9.59 Å². The molecule has 1 fully saturated rings. The zero-order valence-electron chi connectivity index (χ0n) is 13.0. The van der Waals surface area contributed by atoms with Gasteiger partial charge >= 0.3 is 12.0 Å². The first kappa shape index (κ1) is 16.8. The summed E-state index contributed by atoms with van der Waals surface area (Å²) in [5.41, 5.74) is -1.09. The number of amides is 2. The third-order valence-electron chi connectivity index (χ3n) is 4.45. The lowest BCUT2D eigenvalue weighted by atomic mass is 9.77. The lowest BCUT2D eigenvalue weighted by Crippen LogP contribution is -2.60. The Bertz CT molecular complexity index is 347. The van der Waals surface area contributed by atoms with Crippen LogP contribution in [0.5, 0.6) is 0 Å². The molecule has 0 aromatic carbocycles. The van der Waals surface area contributed by atoms with Crippen LogP contribution in [-0.2, 0) is 4.79 Å². The van der Waals surface area contributed by atoms with E-state index in [0.29, 0.717) is 24.7 Å². The second-order valence-corrected chi connectivity index (χ2v) is 6.43. The summed E-state index contributed by atoms with van der Waals surface area (Å²) in [5, 5.41) is 15.1. The first-order chi connectivity index (χ1) is 9.30. The molecule has 1 aliphatic carbocycles. The summed E-state index contributed by atoms with van der Waals surface area (Å²) in [7, 11) is 0. The monoisotopic (exact) mass is 284 g/mol. The minimum atomic E-state index is -1.09. The van der Waals surface area contributed by atoms with E-state index in [1.54, 1.807) is 0 Å². The summed E-state index contributed by atoms with van der Waals surface area (Å²) in [5.74, 6) is -0.0542. The number of hydrogen-bond donors (Lipinski definition) is 3. The summed E-state index contributed by atoms with van der Waals surface area (Å²) in [6, 6.07) is -0.286. The molecule has 5 heteroatoms. The standard InChI is InChI=1S/C15H28N2O3/c1-5-12(10(2)3)16-14(20)17-15(13(18)19)8-6-11(4)7-9-15/h10-12H,5-9H2,1-4H3,(H,18,19)(H2,16,17,20). The Morgan fingerprint density at radius 2 is 1.85 bits per heavy atom. The maximum absolute atomic E-state index is 12.1. The number of rotatable bonds is 5. The molecule has 1 unspecified atom stereocenters. The van der Waals surface area contributed by atoms with Crippen molar-refractivity contribution >= 4 is 12.0 Å². The Kier molecular flexibility index (Phi) is 5.84. The lowest BCUT2D eigenvalue weighted by Gasteiger charge is -2.37. The summed E-state index contributed by atoms with van der Waals surface area (Å²) in [4.78, 5) is 23.7. The fraction of sp³-hybridized carbons (Fsp3) is 0.867. The number of carbonyl (C=O) groups is 2. The molecule has 116 valence electrons. The maximum atomic E-state index is 12.1. The van der Waals surface area contributed by atoms with Crippen molar-refractivity contribution in [3.8, 4) is 0 Å². The van der Waals surface area contributed by atoms with Crippen LogP contribution in [0, 0.1) is 11.8 Å². The third-order valence-corrected chi connectivity index (χ3v) is 4.45. The molecule has 0 aromatic heterocycles. The van der Waals surface area contributed by atoms with Gasteiger partial charge in [-0.1, -0.05) is 27.7 Å². The predicted octanol–water partition coefficient (Wildman–Crippen LogP) is 2.75. The van der Waals surface area contributed by atoms with Crippen LogP contribution in [0.15, 0.2) is 0 Å². The van der Waals surface area contributed by atoms with Gasteiger partial charge in [-0.2, -0.15) is 0 Å². The average molecular weight is 284 g/mol. The van der Waals surface area contributed by atoms with Crippen LogP contribution in [0.1, 0.15) is 59.8 Å². The molecule has 1 saturated carbocycles. The van der Waals surface area contributed by atoms with E-state index < -0.39 is 11.5 Å². The second kappa shape index (κ2) is 6.95. The van der Waals surface area contributed by atoms with E-state index in [1.807, 2.05) is 20.8 Å². The highest BCUT2D eigenvalue weighted by Gasteiger charge is 2.42. The number of aliphatic carboxylic acids is 1. The van der Waals surface area contributed by atoms with Gasteiger partial charge in [0.05, 0.1) is 0 Å². The minimum Gasteiger partial charge on any atom is -0.480 e. The topological polar surface area (TPSA) is 78.4 Å². The Hall–Kier alpha value is -1.26. The Balaban J connectivity index is 2.67. The highest BCUT2D eigenvalue weighted by molar-refractivity contribution is 5.86. The van der Waals surface area contributed by atoms with Crippen LogP contribution < -0.4 is 10.6 Å². The van der Waals surface area contributed by atoms with E-state index in [4.69, 9.17) is 0 Å². The van der Waals surface area contributed by atoms with Crippen molar-refractivity contribution in [2.75, 3.05) is 0 Å². The highest BCUT2D eigenvalue weighted by atomic mass is 16.4. The zero-order chi connectivity index (χ0) is 15.3. The lowest BCUT2D eigenvalue weighted by molar-refractivity contribution is -0.146. The summed E-state index contributed by atoms with van der Waals surface area (Å²) in [6.07, 6.45) is 3.54. The zero-order valence-corrected chi connectivity index (χ0v) is 13.0. The van der Waals surface area contributed by atoms with E-state index in [-0.39, 0.29) is 12.1 Å². The molecule has 2 amide bonds. The van der Waals surface area contributed by atoms with Crippen molar-refractivity contribution in [1.82, 2.24) is 10.6 Å². The van der Waals surface area contributed by atoms with Gasteiger partial charge in [0, 0.05) is 6.04 Å². The Labute approximate surface area is 121 Å². The van der Waals surface area contributed by atoms with Gasteiger partial charge in [0.25, 0.3) is 0 Å². The Morgan fingerprint density at radius 3 is 2.25 bits per heavy atom. The van der Waals surface area contributed by atoms with Gasteiger partial charge in [-0.05, 0) is 43.9 Å². The number of nitrogens with one attached hydrogen (secondary N) is 2. The van der Waals surface area contributed by atoms with Crippen LogP contribution in [-0.4, -0.2) is 28.7 Å². The number of carboxylic acid groups (broad SMARTS) is 1. The molecule has 20 heavy (non-hydrogen) atoms. The number of urea groups is 1. The molecular weight excluding hydrogens is 256 g/mol. The van der Waals surface area contributed by atoms with Gasteiger partial charge in [0.15, 0.2) is 0 Å². The molecule has 0 aromatic rings. The molecular formula is C15H28N2O3. The molecule has 0 heterocycles. The van der Waals surface area contributed by atoms with Crippen LogP contribution in [0.2, 0.25) is 0 Å². The fourth-order valence-corrected chi connectivity index (χ4v) is 2.81. The second-order valence-electron chi connectivity index (χ2n) is 6.43. The number of carboxylic acids is 1. The molecule has 3 N–H and O–H groups in total. The Morgan fingerprint density at radius 1 is 1.30 bits per heavy atom. The molecule has 0 radical (unpaired) electrons.